The number of benzene rings is 1. The van der Waals surface area contributed by atoms with E-state index in [1.165, 1.54) is 0 Å². The van der Waals surface area contributed by atoms with Gasteiger partial charge in [0, 0.05) is 5.56 Å². The van der Waals surface area contributed by atoms with Crippen LogP contribution in [0.25, 0.3) is 11.3 Å². The molecule has 2 aromatic rings. The molecule has 0 bridgehead atoms. The van der Waals surface area contributed by atoms with Gasteiger partial charge in [-0.2, -0.15) is 29.8 Å². The topological polar surface area (TPSA) is 158 Å². The number of aliphatic hydroxyl groups is 1. The largest absolute Gasteiger partial charge is 0.378 e. The number of hydrogen-bond donors (Lipinski definition) is 1. The molecule has 0 saturated carbocycles. The first kappa shape index (κ1) is 16.6. The van der Waals surface area contributed by atoms with Gasteiger partial charge in [0.25, 0.3) is 11.9 Å². The molecule has 1 unspecified atom stereocenters. The highest BCUT2D eigenvalue weighted by Crippen LogP contribution is 2.42. The van der Waals surface area contributed by atoms with Crippen LogP contribution in [0.5, 0.6) is 0 Å². The summed E-state index contributed by atoms with van der Waals surface area (Å²) in [5, 5.41) is 47.4. The van der Waals surface area contributed by atoms with Crippen LogP contribution in [0.3, 0.4) is 0 Å². The Kier molecular flexibility index (Phi) is 3.63. The van der Waals surface area contributed by atoms with Crippen LogP contribution in [0.4, 0.5) is 8.78 Å². The Hall–Kier alpha value is -4.25. The summed E-state index contributed by atoms with van der Waals surface area (Å²) in [6.45, 7) is 0. The Morgan fingerprint density at radius 3 is 1.77 bits per heavy atom. The summed E-state index contributed by atoms with van der Waals surface area (Å²) in [6.07, 6.45) is -2.08. The highest BCUT2D eigenvalue weighted by atomic mass is 19.2. The second kappa shape index (κ2) is 5.68. The first-order valence-electron chi connectivity index (χ1n) is 6.71. The van der Waals surface area contributed by atoms with Crippen molar-refractivity contribution in [3.63, 3.8) is 0 Å². The molecule has 0 aliphatic heterocycles. The minimum atomic E-state index is -2.08. The van der Waals surface area contributed by atoms with Gasteiger partial charge in [-0.1, -0.05) is 0 Å². The Morgan fingerprint density at radius 2 is 1.27 bits per heavy atom. The van der Waals surface area contributed by atoms with Crippen LogP contribution in [0, 0.1) is 57.2 Å². The van der Waals surface area contributed by atoms with Crippen LogP contribution in [0.2, 0.25) is 0 Å². The van der Waals surface area contributed by atoms with E-state index in [0.717, 1.165) is 0 Å². The van der Waals surface area contributed by atoms with Crippen molar-refractivity contribution >= 4 is 5.78 Å². The van der Waals surface area contributed by atoms with Gasteiger partial charge in [0.05, 0.1) is 27.8 Å². The molecular formula is C16H2F2N6O2. The number of nitrogens with zero attached hydrogens (tertiary/aromatic N) is 6. The molecule has 1 aliphatic carbocycles. The molecule has 1 N–H and O–H groups in total. The van der Waals surface area contributed by atoms with Crippen molar-refractivity contribution in [1.29, 1.82) is 21.0 Å². The average molecular weight is 348 g/mol. The molecule has 1 aromatic carbocycles. The van der Waals surface area contributed by atoms with E-state index in [9.17, 15) is 39.7 Å². The number of hydrogen-bond acceptors (Lipinski definition) is 8. The van der Waals surface area contributed by atoms with Crippen LogP contribution in [0.1, 0.15) is 44.4 Å². The molecule has 8 nitrogen and oxygen atoms in total. The molecule has 0 amide bonds. The molecule has 26 heavy (non-hydrogen) atoms. The number of ketones is 1. The Morgan fingerprint density at radius 1 is 0.808 bits per heavy atom. The smallest absolute Gasteiger partial charge is 0.269 e. The lowest BCUT2D eigenvalue weighted by atomic mass is 9.79. The van der Waals surface area contributed by atoms with E-state index in [-0.39, 0.29) is 0 Å². The van der Waals surface area contributed by atoms with Crippen LogP contribution < -0.4 is 0 Å². The van der Waals surface area contributed by atoms with Crippen molar-refractivity contribution in [2.24, 2.45) is 0 Å². The van der Waals surface area contributed by atoms with E-state index < -0.39 is 68.6 Å². The van der Waals surface area contributed by atoms with E-state index in [0.29, 0.717) is 0 Å². The summed E-state index contributed by atoms with van der Waals surface area (Å²) in [5.41, 5.74) is -4.39. The van der Waals surface area contributed by atoms with E-state index in [4.69, 9.17) is 0 Å². The van der Waals surface area contributed by atoms with Gasteiger partial charge in [-0.25, -0.2) is 9.97 Å². The van der Waals surface area contributed by atoms with Gasteiger partial charge < -0.3 is 5.11 Å². The normalized spacial score (nSPS) is 14.3. The zero-order chi connectivity index (χ0) is 19.2. The Labute approximate surface area is 143 Å². The minimum absolute atomic E-state index is 0.448. The maximum absolute atomic E-state index is 13.6. The third-order valence-corrected chi connectivity index (χ3v) is 3.78. The van der Waals surface area contributed by atoms with Gasteiger partial charge in [0.2, 0.25) is 0 Å². The first-order chi connectivity index (χ1) is 12.4. The van der Waals surface area contributed by atoms with Crippen molar-refractivity contribution in [3.8, 4) is 35.5 Å². The van der Waals surface area contributed by atoms with E-state index in [1.54, 1.807) is 24.3 Å². The first-order valence-corrected chi connectivity index (χ1v) is 6.71. The SMILES string of the molecule is N#Cc1c(C#N)c(C#N)c2c(c1C#N)C(=O)C(O)c1nc(F)c(F)nc1-2. The number of rotatable bonds is 0. The van der Waals surface area contributed by atoms with E-state index >= 15 is 0 Å². The van der Waals surface area contributed by atoms with Gasteiger partial charge >= 0.3 is 0 Å². The summed E-state index contributed by atoms with van der Waals surface area (Å²) in [6, 6.07) is 6.35. The average Bonchev–Trinajstić information content (AvgIpc) is 2.65. The summed E-state index contributed by atoms with van der Waals surface area (Å²) in [5.74, 6) is -4.49. The highest BCUT2D eigenvalue weighted by molar-refractivity contribution is 6.12. The molecule has 0 spiro atoms. The predicted octanol–water partition coefficient (Wildman–Crippen LogP) is 1.14. The van der Waals surface area contributed by atoms with Crippen LogP contribution in [-0.2, 0) is 0 Å². The molecule has 1 atom stereocenters. The Bertz CT molecular complexity index is 1190. The summed E-state index contributed by atoms with van der Waals surface area (Å²) < 4.78 is 27.0. The number of aromatic nitrogens is 2. The van der Waals surface area contributed by atoms with Gasteiger partial charge in [0.1, 0.15) is 35.7 Å². The molecule has 3 rings (SSSR count). The van der Waals surface area contributed by atoms with E-state index in [1.807, 2.05) is 0 Å². The molecule has 10 heteroatoms. The molecule has 1 heterocycles. The number of halogens is 2. The van der Waals surface area contributed by atoms with Crippen molar-refractivity contribution in [2.75, 3.05) is 0 Å². The van der Waals surface area contributed by atoms with Gasteiger partial charge in [-0.3, -0.25) is 4.79 Å². The van der Waals surface area contributed by atoms with Gasteiger partial charge in [0.15, 0.2) is 11.9 Å². The molecule has 1 aliphatic rings. The van der Waals surface area contributed by atoms with Crippen LogP contribution in [-0.4, -0.2) is 20.9 Å². The lowest BCUT2D eigenvalue weighted by molar-refractivity contribution is 0.0732. The standard InChI is InChI=1S/C16H2F2N6O2/c17-15-16(18)24-12-11(23-15)9-7(3-21)5(1-19)6(2-20)8(4-22)10(9)13(25)14(12)26/h14,26H. The highest BCUT2D eigenvalue weighted by Gasteiger charge is 2.40. The predicted molar refractivity (Wildman–Crippen MR) is 75.5 cm³/mol. The van der Waals surface area contributed by atoms with Crippen LogP contribution in [0.15, 0.2) is 0 Å². The fourth-order valence-corrected chi connectivity index (χ4v) is 2.72. The third kappa shape index (κ3) is 1.94. The van der Waals surface area contributed by atoms with Gasteiger partial charge in [-0.05, 0) is 0 Å². The molecular weight excluding hydrogens is 346 g/mol. The number of carbonyl (C=O) groups excluding carboxylic acids is 1. The minimum Gasteiger partial charge on any atom is -0.378 e. The third-order valence-electron chi connectivity index (χ3n) is 3.78. The Balaban J connectivity index is 2.66. The quantitative estimate of drug-likeness (QED) is 0.742. The number of aliphatic hydroxyl groups excluding tert-OH is 1. The zero-order valence-electron chi connectivity index (χ0n) is 12.4. The summed E-state index contributed by atoms with van der Waals surface area (Å²) in [4.78, 5) is 18.9. The van der Waals surface area contributed by atoms with Crippen molar-refractivity contribution in [3.05, 3.63) is 45.4 Å². The van der Waals surface area contributed by atoms with Crippen molar-refractivity contribution in [2.45, 2.75) is 6.10 Å². The second-order valence-electron chi connectivity index (χ2n) is 5.00. The van der Waals surface area contributed by atoms with Crippen molar-refractivity contribution in [1.82, 2.24) is 9.97 Å². The van der Waals surface area contributed by atoms with Crippen LogP contribution >= 0.6 is 0 Å². The molecule has 0 fully saturated rings. The van der Waals surface area contributed by atoms with Gasteiger partial charge in [-0.15, -0.1) is 0 Å². The van der Waals surface area contributed by atoms with E-state index in [2.05, 4.69) is 9.97 Å². The number of fused-ring (bicyclic) bond motifs is 3. The fourth-order valence-electron chi connectivity index (χ4n) is 2.72. The summed E-state index contributed by atoms with van der Waals surface area (Å²) >= 11 is 0. The lowest BCUT2D eigenvalue weighted by Gasteiger charge is -2.24. The molecule has 0 radical (unpaired) electrons. The fraction of sp³-hybridized carbons (Fsp3) is 0.0625. The second-order valence-corrected chi connectivity index (χ2v) is 5.00. The zero-order valence-corrected chi connectivity index (χ0v) is 12.4. The molecule has 122 valence electrons. The molecule has 1 aromatic heterocycles. The maximum Gasteiger partial charge on any atom is 0.269 e. The lowest BCUT2D eigenvalue weighted by Crippen LogP contribution is -2.25. The monoisotopic (exact) mass is 348 g/mol. The number of Topliss-reactive ketones (excluding diaryl/α,β-unsaturated/α-hetero) is 1. The molecule has 0 saturated heterocycles. The number of carbonyl (C=O) groups is 1. The maximum atomic E-state index is 13.6. The van der Waals surface area contributed by atoms with Crippen molar-refractivity contribution < 1.29 is 18.7 Å². The number of nitriles is 4. The summed E-state index contributed by atoms with van der Waals surface area (Å²) in [7, 11) is 0.